The molecule has 30 heavy (non-hydrogen) atoms. The summed E-state index contributed by atoms with van der Waals surface area (Å²) >= 11 is 0. The van der Waals surface area contributed by atoms with Crippen LogP contribution in [0, 0.1) is 0 Å². The zero-order valence-electron chi connectivity index (χ0n) is 16.8. The lowest BCUT2D eigenvalue weighted by molar-refractivity contribution is -0.143. The van der Waals surface area contributed by atoms with E-state index in [-0.39, 0.29) is 12.6 Å². The predicted molar refractivity (Wildman–Crippen MR) is 109 cm³/mol. The zero-order chi connectivity index (χ0) is 21.3. The number of hydrogen-bond donors (Lipinski definition) is 1. The molecule has 1 aliphatic heterocycles. The molecule has 1 heterocycles. The van der Waals surface area contributed by atoms with E-state index in [1.54, 1.807) is 31.4 Å². The number of para-hydroxylation sites is 2. The number of ether oxygens (including phenoxy) is 5. The van der Waals surface area contributed by atoms with Gasteiger partial charge in [-0.15, -0.1) is 0 Å². The van der Waals surface area contributed by atoms with Crippen molar-refractivity contribution in [1.29, 1.82) is 0 Å². The Balaban J connectivity index is 1.43. The average Bonchev–Trinajstić information content (AvgIpc) is 2.79. The molecule has 8 heteroatoms. The number of methoxy groups -OCH3 is 2. The van der Waals surface area contributed by atoms with Gasteiger partial charge in [-0.05, 0) is 36.4 Å². The molecule has 0 aliphatic carbocycles. The fourth-order valence-electron chi connectivity index (χ4n) is 2.75. The minimum atomic E-state index is -0.652. The Morgan fingerprint density at radius 2 is 1.93 bits per heavy atom. The molecule has 1 N–H and O–H groups in total. The first-order chi connectivity index (χ1) is 14.6. The maximum atomic E-state index is 11.9. The Kier molecular flexibility index (Phi) is 7.15. The molecule has 0 fully saturated rings. The van der Waals surface area contributed by atoms with E-state index in [2.05, 4.69) is 5.32 Å². The average molecular weight is 413 g/mol. The maximum Gasteiger partial charge on any atom is 0.331 e. The Morgan fingerprint density at radius 3 is 2.70 bits per heavy atom. The fourth-order valence-corrected chi connectivity index (χ4v) is 2.75. The summed E-state index contributed by atoms with van der Waals surface area (Å²) in [5.41, 5.74) is 0.646. The molecule has 0 saturated heterocycles. The number of benzene rings is 2. The minimum absolute atomic E-state index is 0.238. The van der Waals surface area contributed by atoms with Crippen molar-refractivity contribution in [2.75, 3.05) is 34.0 Å². The van der Waals surface area contributed by atoms with Crippen molar-refractivity contribution in [3.63, 3.8) is 0 Å². The first-order valence-corrected chi connectivity index (χ1v) is 9.31. The van der Waals surface area contributed by atoms with Gasteiger partial charge in [0.05, 0.1) is 20.8 Å². The van der Waals surface area contributed by atoms with Crippen LogP contribution in [0.1, 0.15) is 5.56 Å². The second-order valence-corrected chi connectivity index (χ2v) is 6.35. The summed E-state index contributed by atoms with van der Waals surface area (Å²) in [6, 6.07) is 12.5. The van der Waals surface area contributed by atoms with Gasteiger partial charge in [0.2, 0.25) is 0 Å². The van der Waals surface area contributed by atoms with Gasteiger partial charge in [0.1, 0.15) is 24.2 Å². The summed E-state index contributed by atoms with van der Waals surface area (Å²) in [7, 11) is 3.08. The highest BCUT2D eigenvalue weighted by molar-refractivity contribution is 5.89. The number of rotatable bonds is 8. The number of hydrogen-bond acceptors (Lipinski definition) is 7. The van der Waals surface area contributed by atoms with Gasteiger partial charge in [0.25, 0.3) is 5.91 Å². The van der Waals surface area contributed by atoms with E-state index < -0.39 is 18.5 Å². The highest BCUT2D eigenvalue weighted by atomic mass is 16.6. The molecule has 0 unspecified atom stereocenters. The summed E-state index contributed by atoms with van der Waals surface area (Å²) in [6.07, 6.45) is 2.44. The minimum Gasteiger partial charge on any atom is -0.497 e. The lowest BCUT2D eigenvalue weighted by Gasteiger charge is -2.26. The third-order valence-corrected chi connectivity index (χ3v) is 4.28. The van der Waals surface area contributed by atoms with E-state index in [0.717, 1.165) is 0 Å². The maximum absolute atomic E-state index is 11.9. The Morgan fingerprint density at radius 1 is 1.13 bits per heavy atom. The van der Waals surface area contributed by atoms with Crippen molar-refractivity contribution >= 4 is 18.0 Å². The SMILES string of the molecule is COc1ccc(OC)c(/C=C/C(=O)OCC(=O)NC[C@@H]2COc3ccccc3O2)c1. The monoisotopic (exact) mass is 413 g/mol. The highest BCUT2D eigenvalue weighted by Gasteiger charge is 2.21. The third-order valence-electron chi connectivity index (χ3n) is 4.28. The van der Waals surface area contributed by atoms with Gasteiger partial charge in [-0.25, -0.2) is 4.79 Å². The summed E-state index contributed by atoms with van der Waals surface area (Å²) in [6.45, 7) is 0.159. The second kappa shape index (κ2) is 10.2. The summed E-state index contributed by atoms with van der Waals surface area (Å²) in [4.78, 5) is 23.9. The topological polar surface area (TPSA) is 92.3 Å². The van der Waals surface area contributed by atoms with Gasteiger partial charge in [-0.3, -0.25) is 4.79 Å². The van der Waals surface area contributed by atoms with Crippen LogP contribution >= 0.6 is 0 Å². The Bertz CT molecular complexity index is 925. The highest BCUT2D eigenvalue weighted by Crippen LogP contribution is 2.30. The molecular formula is C22H23NO7. The summed E-state index contributed by atoms with van der Waals surface area (Å²) < 4.78 is 26.7. The van der Waals surface area contributed by atoms with Gasteiger partial charge < -0.3 is 29.0 Å². The molecule has 2 aromatic rings. The number of carbonyl (C=O) groups is 2. The van der Waals surface area contributed by atoms with Crippen LogP contribution in [0.3, 0.4) is 0 Å². The molecule has 3 rings (SSSR count). The standard InChI is InChI=1S/C22H23NO7/c1-26-16-8-9-18(27-2)15(11-16)7-10-22(25)29-14-21(24)23-12-17-13-28-19-5-3-4-6-20(19)30-17/h3-11,17H,12-14H2,1-2H3,(H,23,24)/b10-7+/t17-/m1/s1. The van der Waals surface area contributed by atoms with Crippen LogP contribution in [0.4, 0.5) is 0 Å². The van der Waals surface area contributed by atoms with E-state index in [0.29, 0.717) is 35.2 Å². The molecule has 0 aromatic heterocycles. The molecule has 158 valence electrons. The van der Waals surface area contributed by atoms with Crippen LogP contribution in [-0.4, -0.2) is 52.0 Å². The van der Waals surface area contributed by atoms with Crippen molar-refractivity contribution in [2.45, 2.75) is 6.10 Å². The predicted octanol–water partition coefficient (Wildman–Crippen LogP) is 2.22. The van der Waals surface area contributed by atoms with Crippen molar-refractivity contribution in [1.82, 2.24) is 5.32 Å². The largest absolute Gasteiger partial charge is 0.497 e. The molecule has 1 atom stereocenters. The molecule has 1 aliphatic rings. The van der Waals surface area contributed by atoms with Gasteiger partial charge >= 0.3 is 5.97 Å². The molecular weight excluding hydrogens is 390 g/mol. The molecule has 0 bridgehead atoms. The van der Waals surface area contributed by atoms with Gasteiger partial charge in [0.15, 0.2) is 18.1 Å². The summed E-state index contributed by atoms with van der Waals surface area (Å²) in [5.74, 6) is 1.42. The number of amides is 1. The quantitative estimate of drug-likeness (QED) is 0.524. The summed E-state index contributed by atoms with van der Waals surface area (Å²) in [5, 5.41) is 2.66. The number of carbonyl (C=O) groups excluding carboxylic acids is 2. The third kappa shape index (κ3) is 5.66. The molecule has 0 radical (unpaired) electrons. The molecule has 1 amide bonds. The van der Waals surface area contributed by atoms with Crippen molar-refractivity contribution in [3.05, 3.63) is 54.1 Å². The van der Waals surface area contributed by atoms with Crippen molar-refractivity contribution < 1.29 is 33.3 Å². The molecule has 0 spiro atoms. The van der Waals surface area contributed by atoms with E-state index >= 15 is 0 Å². The van der Waals surface area contributed by atoms with Gasteiger partial charge in [0, 0.05) is 11.6 Å². The van der Waals surface area contributed by atoms with Crippen LogP contribution in [-0.2, 0) is 14.3 Å². The van der Waals surface area contributed by atoms with Gasteiger partial charge in [-0.2, -0.15) is 0 Å². The van der Waals surface area contributed by atoms with Crippen LogP contribution in [0.25, 0.3) is 6.08 Å². The van der Waals surface area contributed by atoms with Crippen LogP contribution < -0.4 is 24.3 Å². The van der Waals surface area contributed by atoms with Gasteiger partial charge in [-0.1, -0.05) is 12.1 Å². The van der Waals surface area contributed by atoms with Crippen LogP contribution in [0.2, 0.25) is 0 Å². The molecule has 0 saturated carbocycles. The Labute approximate surface area is 174 Å². The molecule has 8 nitrogen and oxygen atoms in total. The van der Waals surface area contributed by atoms with Crippen molar-refractivity contribution in [2.24, 2.45) is 0 Å². The Hall–Kier alpha value is -3.68. The van der Waals surface area contributed by atoms with E-state index in [4.69, 9.17) is 23.7 Å². The van der Waals surface area contributed by atoms with E-state index in [9.17, 15) is 9.59 Å². The zero-order valence-corrected chi connectivity index (χ0v) is 16.8. The van der Waals surface area contributed by atoms with E-state index in [1.165, 1.54) is 19.3 Å². The number of fused-ring (bicyclic) bond motifs is 1. The van der Waals surface area contributed by atoms with Crippen molar-refractivity contribution in [3.8, 4) is 23.0 Å². The second-order valence-electron chi connectivity index (χ2n) is 6.35. The smallest absolute Gasteiger partial charge is 0.331 e. The normalized spacial score (nSPS) is 14.8. The van der Waals surface area contributed by atoms with Crippen LogP contribution in [0.5, 0.6) is 23.0 Å². The molecule has 2 aromatic carbocycles. The lowest BCUT2D eigenvalue weighted by Crippen LogP contribution is -2.42. The lowest BCUT2D eigenvalue weighted by atomic mass is 10.1. The number of nitrogens with one attached hydrogen (secondary N) is 1. The first-order valence-electron chi connectivity index (χ1n) is 9.31. The van der Waals surface area contributed by atoms with E-state index in [1.807, 2.05) is 18.2 Å². The van der Waals surface area contributed by atoms with Crippen LogP contribution in [0.15, 0.2) is 48.5 Å². The first kappa shape index (κ1) is 21.0. The number of esters is 1. The fraction of sp³-hybridized carbons (Fsp3) is 0.273.